The number of nitrogens with one attached hydrogen (secondary N) is 1. The number of benzene rings is 1. The van der Waals surface area contributed by atoms with E-state index in [1.54, 1.807) is 18.2 Å². The summed E-state index contributed by atoms with van der Waals surface area (Å²) in [5, 5.41) is 14.2. The minimum atomic E-state index is -4.25. The highest BCUT2D eigenvalue weighted by Crippen LogP contribution is 2.40. The van der Waals surface area contributed by atoms with Crippen LogP contribution < -0.4 is 5.32 Å². The van der Waals surface area contributed by atoms with Gasteiger partial charge in [-0.1, -0.05) is 29.8 Å². The van der Waals surface area contributed by atoms with Crippen molar-refractivity contribution in [2.75, 3.05) is 13.1 Å². The number of aryl methyl sites for hydroxylation is 1. The van der Waals surface area contributed by atoms with Crippen LogP contribution in [0.4, 0.5) is 13.2 Å². The Labute approximate surface area is 123 Å². The molecular weight excluding hydrogens is 279 g/mol. The fourth-order valence-corrected chi connectivity index (χ4v) is 3.09. The molecule has 0 radical (unpaired) electrons. The molecular formula is C16H22F3NO. The predicted molar refractivity (Wildman–Crippen MR) is 76.0 cm³/mol. The van der Waals surface area contributed by atoms with E-state index in [0.29, 0.717) is 12.1 Å². The maximum atomic E-state index is 12.6. The Morgan fingerprint density at radius 2 is 2.05 bits per heavy atom. The summed E-state index contributed by atoms with van der Waals surface area (Å²) < 4.78 is 37.9. The summed E-state index contributed by atoms with van der Waals surface area (Å²) in [7, 11) is 0. The van der Waals surface area contributed by atoms with Crippen molar-refractivity contribution < 1.29 is 18.3 Å². The molecule has 1 aromatic rings. The first-order chi connectivity index (χ1) is 9.81. The molecule has 2 atom stereocenters. The summed E-state index contributed by atoms with van der Waals surface area (Å²) in [5.41, 5.74) is 0.122. The monoisotopic (exact) mass is 301 g/mol. The molecule has 2 N–H and O–H groups in total. The van der Waals surface area contributed by atoms with Crippen molar-refractivity contribution in [3.63, 3.8) is 0 Å². The van der Waals surface area contributed by atoms with Crippen LogP contribution in [0.5, 0.6) is 0 Å². The quantitative estimate of drug-likeness (QED) is 0.892. The SMILES string of the molecule is Cc1cccc([C@](O)(CCC(F)(F)F)[C@@H]2CCCNC2)c1. The highest BCUT2D eigenvalue weighted by molar-refractivity contribution is 5.28. The largest absolute Gasteiger partial charge is 0.389 e. The summed E-state index contributed by atoms with van der Waals surface area (Å²) >= 11 is 0. The number of hydrogen-bond acceptors (Lipinski definition) is 2. The second kappa shape index (κ2) is 6.36. The van der Waals surface area contributed by atoms with Crippen LogP contribution in [-0.2, 0) is 5.60 Å². The minimum absolute atomic E-state index is 0.185. The van der Waals surface area contributed by atoms with Gasteiger partial charge in [-0.05, 0) is 38.3 Å². The minimum Gasteiger partial charge on any atom is -0.385 e. The van der Waals surface area contributed by atoms with Crippen molar-refractivity contribution in [2.45, 2.75) is 44.4 Å². The standard InChI is InChI=1S/C16H22F3NO/c1-12-4-2-5-13(10-12)15(21,7-8-16(17,18)19)14-6-3-9-20-11-14/h2,4-5,10,14,20-21H,3,6-9,11H2,1H3/t14-,15-/m1/s1. The molecule has 2 rings (SSSR count). The average Bonchev–Trinajstić information content (AvgIpc) is 2.45. The second-order valence-corrected chi connectivity index (χ2v) is 5.95. The van der Waals surface area contributed by atoms with Gasteiger partial charge in [0.15, 0.2) is 0 Å². The number of aliphatic hydroxyl groups is 1. The van der Waals surface area contributed by atoms with Crippen LogP contribution in [0.3, 0.4) is 0 Å². The summed E-state index contributed by atoms with van der Waals surface area (Å²) in [6.45, 7) is 3.30. The van der Waals surface area contributed by atoms with Gasteiger partial charge < -0.3 is 10.4 Å². The maximum absolute atomic E-state index is 12.6. The normalized spacial score (nSPS) is 22.8. The third-order valence-corrected chi connectivity index (χ3v) is 4.28. The molecule has 1 heterocycles. The third kappa shape index (κ3) is 4.20. The van der Waals surface area contributed by atoms with Crippen LogP contribution in [0.15, 0.2) is 24.3 Å². The molecule has 0 aliphatic carbocycles. The van der Waals surface area contributed by atoms with Crippen LogP contribution in [0, 0.1) is 12.8 Å². The fraction of sp³-hybridized carbons (Fsp3) is 0.625. The van der Waals surface area contributed by atoms with Gasteiger partial charge in [-0.15, -0.1) is 0 Å². The van der Waals surface area contributed by atoms with E-state index in [2.05, 4.69) is 5.32 Å². The lowest BCUT2D eigenvalue weighted by Crippen LogP contribution is -2.44. The van der Waals surface area contributed by atoms with E-state index >= 15 is 0 Å². The fourth-order valence-electron chi connectivity index (χ4n) is 3.09. The summed E-state index contributed by atoms with van der Waals surface area (Å²) in [4.78, 5) is 0. The molecule has 118 valence electrons. The van der Waals surface area contributed by atoms with Gasteiger partial charge in [0.05, 0.1) is 5.60 Å². The van der Waals surface area contributed by atoms with Crippen LogP contribution in [-0.4, -0.2) is 24.4 Å². The van der Waals surface area contributed by atoms with Gasteiger partial charge in [-0.25, -0.2) is 0 Å². The van der Waals surface area contributed by atoms with E-state index in [1.165, 1.54) is 0 Å². The number of piperidine rings is 1. The second-order valence-electron chi connectivity index (χ2n) is 5.95. The number of alkyl halides is 3. The van der Waals surface area contributed by atoms with Gasteiger partial charge in [0, 0.05) is 18.9 Å². The topological polar surface area (TPSA) is 32.3 Å². The van der Waals surface area contributed by atoms with Crippen molar-refractivity contribution in [3.05, 3.63) is 35.4 Å². The zero-order valence-electron chi connectivity index (χ0n) is 12.2. The first-order valence-corrected chi connectivity index (χ1v) is 7.38. The van der Waals surface area contributed by atoms with Crippen LogP contribution >= 0.6 is 0 Å². The van der Waals surface area contributed by atoms with Crippen molar-refractivity contribution in [1.29, 1.82) is 0 Å². The predicted octanol–water partition coefficient (Wildman–Crippen LogP) is 3.52. The number of rotatable bonds is 4. The first-order valence-electron chi connectivity index (χ1n) is 7.38. The molecule has 0 aromatic heterocycles. The summed E-state index contributed by atoms with van der Waals surface area (Å²) in [6, 6.07) is 7.20. The molecule has 0 amide bonds. The van der Waals surface area contributed by atoms with Gasteiger partial charge in [0.2, 0.25) is 0 Å². The van der Waals surface area contributed by atoms with Gasteiger partial charge in [0.25, 0.3) is 0 Å². The molecule has 0 spiro atoms. The Morgan fingerprint density at radius 1 is 1.29 bits per heavy atom. The summed E-state index contributed by atoms with van der Waals surface area (Å²) in [5.74, 6) is -0.185. The first kappa shape index (κ1) is 16.3. The Bertz CT molecular complexity index is 469. The van der Waals surface area contributed by atoms with Crippen molar-refractivity contribution >= 4 is 0 Å². The lowest BCUT2D eigenvalue weighted by Gasteiger charge is -2.39. The molecule has 21 heavy (non-hydrogen) atoms. The molecule has 1 aliphatic heterocycles. The summed E-state index contributed by atoms with van der Waals surface area (Å²) in [6.07, 6.45) is -3.87. The molecule has 5 heteroatoms. The van der Waals surface area contributed by atoms with E-state index in [0.717, 1.165) is 24.9 Å². The Kier molecular flexibility index (Phi) is 4.94. The van der Waals surface area contributed by atoms with E-state index in [-0.39, 0.29) is 12.3 Å². The Morgan fingerprint density at radius 3 is 2.62 bits per heavy atom. The molecule has 1 saturated heterocycles. The smallest absolute Gasteiger partial charge is 0.385 e. The van der Waals surface area contributed by atoms with Crippen LogP contribution in [0.2, 0.25) is 0 Å². The molecule has 1 aromatic carbocycles. The average molecular weight is 301 g/mol. The third-order valence-electron chi connectivity index (χ3n) is 4.28. The van der Waals surface area contributed by atoms with Crippen LogP contribution in [0.25, 0.3) is 0 Å². The van der Waals surface area contributed by atoms with Crippen LogP contribution in [0.1, 0.15) is 36.8 Å². The lowest BCUT2D eigenvalue weighted by atomic mass is 9.74. The van der Waals surface area contributed by atoms with Gasteiger partial charge in [0.1, 0.15) is 0 Å². The van der Waals surface area contributed by atoms with E-state index in [4.69, 9.17) is 0 Å². The zero-order chi connectivity index (χ0) is 15.5. The Balaban J connectivity index is 2.28. The molecule has 1 fully saturated rings. The lowest BCUT2D eigenvalue weighted by molar-refractivity contribution is -0.154. The van der Waals surface area contributed by atoms with Gasteiger partial charge >= 0.3 is 6.18 Å². The molecule has 0 bridgehead atoms. The van der Waals surface area contributed by atoms with E-state index in [9.17, 15) is 18.3 Å². The number of halogens is 3. The van der Waals surface area contributed by atoms with Crippen molar-refractivity contribution in [3.8, 4) is 0 Å². The van der Waals surface area contributed by atoms with E-state index < -0.39 is 18.2 Å². The van der Waals surface area contributed by atoms with E-state index in [1.807, 2.05) is 13.0 Å². The highest BCUT2D eigenvalue weighted by Gasteiger charge is 2.42. The van der Waals surface area contributed by atoms with Gasteiger partial charge in [-0.2, -0.15) is 13.2 Å². The molecule has 0 saturated carbocycles. The molecule has 0 unspecified atom stereocenters. The van der Waals surface area contributed by atoms with Crippen molar-refractivity contribution in [2.24, 2.45) is 5.92 Å². The molecule has 2 nitrogen and oxygen atoms in total. The zero-order valence-corrected chi connectivity index (χ0v) is 12.2. The molecule has 1 aliphatic rings. The van der Waals surface area contributed by atoms with Crippen molar-refractivity contribution in [1.82, 2.24) is 5.32 Å². The van der Waals surface area contributed by atoms with Gasteiger partial charge in [-0.3, -0.25) is 0 Å². The maximum Gasteiger partial charge on any atom is 0.389 e. The highest BCUT2D eigenvalue weighted by atomic mass is 19.4. The number of hydrogen-bond donors (Lipinski definition) is 2. The Hall–Kier alpha value is -1.07.